The molecule has 5 heteroatoms. The van der Waals surface area contributed by atoms with Gasteiger partial charge >= 0.3 is 0 Å². The second-order valence-corrected chi connectivity index (χ2v) is 8.01. The number of nitrogens with one attached hydrogen (secondary N) is 1. The van der Waals surface area contributed by atoms with Crippen molar-refractivity contribution in [2.24, 2.45) is 0 Å². The van der Waals surface area contributed by atoms with E-state index in [0.29, 0.717) is 5.15 Å². The number of benzene rings is 3. The number of rotatable bonds is 6. The predicted molar refractivity (Wildman–Crippen MR) is 131 cm³/mol. The SMILES string of the molecule is CCNc1nn(C(c2ccccc2)(c2ccccc2)c2ccccc2)c2cc(Cl)ncc12. The summed E-state index contributed by atoms with van der Waals surface area (Å²) in [6.07, 6.45) is 1.80. The van der Waals surface area contributed by atoms with E-state index in [1.54, 1.807) is 6.20 Å². The third-order valence-corrected chi connectivity index (χ3v) is 5.98. The summed E-state index contributed by atoms with van der Waals surface area (Å²) in [6, 6.07) is 33.4. The Morgan fingerprint density at radius 2 is 1.31 bits per heavy atom. The molecule has 0 saturated heterocycles. The van der Waals surface area contributed by atoms with Crippen molar-refractivity contribution in [2.45, 2.75) is 12.5 Å². The number of hydrogen-bond acceptors (Lipinski definition) is 3. The van der Waals surface area contributed by atoms with Crippen molar-refractivity contribution in [3.63, 3.8) is 0 Å². The van der Waals surface area contributed by atoms with Crippen molar-refractivity contribution < 1.29 is 0 Å². The largest absolute Gasteiger partial charge is 0.368 e. The molecule has 2 aromatic heterocycles. The third-order valence-electron chi connectivity index (χ3n) is 5.77. The molecular weight excluding hydrogens is 416 g/mol. The number of pyridine rings is 1. The monoisotopic (exact) mass is 438 g/mol. The highest BCUT2D eigenvalue weighted by Gasteiger charge is 2.40. The van der Waals surface area contributed by atoms with E-state index in [-0.39, 0.29) is 0 Å². The van der Waals surface area contributed by atoms with E-state index in [9.17, 15) is 0 Å². The van der Waals surface area contributed by atoms with Gasteiger partial charge < -0.3 is 5.32 Å². The van der Waals surface area contributed by atoms with E-state index in [4.69, 9.17) is 16.7 Å². The van der Waals surface area contributed by atoms with Crippen LogP contribution in [0.25, 0.3) is 10.9 Å². The van der Waals surface area contributed by atoms with Crippen molar-refractivity contribution in [3.8, 4) is 0 Å². The van der Waals surface area contributed by atoms with Crippen molar-refractivity contribution in [1.82, 2.24) is 14.8 Å². The zero-order valence-corrected chi connectivity index (χ0v) is 18.5. The fourth-order valence-corrected chi connectivity index (χ4v) is 4.60. The standard InChI is InChI=1S/C27H23ClN4/c1-2-29-26-23-19-30-25(28)18-24(23)32(31-26)27(20-12-6-3-7-13-20,21-14-8-4-9-15-21)22-16-10-5-11-17-22/h3-19H,2H2,1H3,(H,29,31). The smallest absolute Gasteiger partial charge is 0.157 e. The van der Waals surface area contributed by atoms with Crippen LogP contribution in [-0.2, 0) is 5.54 Å². The van der Waals surface area contributed by atoms with Gasteiger partial charge in [0.1, 0.15) is 10.7 Å². The normalized spacial score (nSPS) is 11.6. The predicted octanol–water partition coefficient (Wildman–Crippen LogP) is 6.36. The maximum atomic E-state index is 6.39. The van der Waals surface area contributed by atoms with Crippen molar-refractivity contribution >= 4 is 28.3 Å². The van der Waals surface area contributed by atoms with Gasteiger partial charge in [-0.3, -0.25) is 0 Å². The highest BCUT2D eigenvalue weighted by Crippen LogP contribution is 2.43. The molecule has 0 saturated carbocycles. The lowest BCUT2D eigenvalue weighted by Crippen LogP contribution is -2.38. The van der Waals surface area contributed by atoms with Gasteiger partial charge in [-0.1, -0.05) is 103 Å². The highest BCUT2D eigenvalue weighted by atomic mass is 35.5. The third kappa shape index (κ3) is 3.24. The van der Waals surface area contributed by atoms with Crippen LogP contribution < -0.4 is 5.32 Å². The second kappa shape index (κ2) is 8.48. The summed E-state index contributed by atoms with van der Waals surface area (Å²) < 4.78 is 2.09. The molecule has 5 aromatic rings. The molecule has 0 atom stereocenters. The van der Waals surface area contributed by atoms with Crippen LogP contribution in [0.1, 0.15) is 23.6 Å². The molecule has 32 heavy (non-hydrogen) atoms. The number of anilines is 1. The van der Waals surface area contributed by atoms with E-state index in [2.05, 4.69) is 94.7 Å². The molecule has 158 valence electrons. The molecule has 0 radical (unpaired) electrons. The van der Waals surface area contributed by atoms with Crippen LogP contribution >= 0.6 is 11.6 Å². The Bertz CT molecular complexity index is 1240. The topological polar surface area (TPSA) is 42.7 Å². The van der Waals surface area contributed by atoms with Gasteiger partial charge in [-0.25, -0.2) is 9.67 Å². The molecule has 0 amide bonds. The number of halogens is 1. The molecule has 3 aromatic carbocycles. The Morgan fingerprint density at radius 1 is 0.812 bits per heavy atom. The van der Waals surface area contributed by atoms with Gasteiger partial charge in [0.25, 0.3) is 0 Å². The van der Waals surface area contributed by atoms with E-state index >= 15 is 0 Å². The number of hydrogen-bond donors (Lipinski definition) is 1. The maximum Gasteiger partial charge on any atom is 0.157 e. The van der Waals surface area contributed by atoms with E-state index in [1.165, 1.54) is 0 Å². The van der Waals surface area contributed by atoms with Gasteiger partial charge in [0.05, 0.1) is 10.9 Å². The Morgan fingerprint density at radius 3 is 1.78 bits per heavy atom. The van der Waals surface area contributed by atoms with Gasteiger partial charge in [0.15, 0.2) is 5.82 Å². The van der Waals surface area contributed by atoms with Crippen molar-refractivity contribution in [2.75, 3.05) is 11.9 Å². The summed E-state index contributed by atoms with van der Waals surface area (Å²) >= 11 is 6.39. The van der Waals surface area contributed by atoms with Gasteiger partial charge in [-0.05, 0) is 23.6 Å². The van der Waals surface area contributed by atoms with Crippen LogP contribution in [0.4, 0.5) is 5.82 Å². The number of aromatic nitrogens is 3. The molecule has 2 heterocycles. The summed E-state index contributed by atoms with van der Waals surface area (Å²) in [5, 5.41) is 9.90. The molecule has 0 aliphatic carbocycles. The first-order valence-electron chi connectivity index (χ1n) is 10.7. The van der Waals surface area contributed by atoms with Gasteiger partial charge in [-0.15, -0.1) is 0 Å². The molecule has 0 fully saturated rings. The van der Waals surface area contributed by atoms with E-state index in [1.807, 2.05) is 24.3 Å². The molecular formula is C27H23ClN4. The Kier molecular flexibility index (Phi) is 5.38. The van der Waals surface area contributed by atoms with Crippen molar-refractivity contribution in [1.29, 1.82) is 0 Å². The zero-order valence-electron chi connectivity index (χ0n) is 17.7. The fraction of sp³-hybridized carbons (Fsp3) is 0.111. The van der Waals surface area contributed by atoms with E-state index in [0.717, 1.165) is 40.0 Å². The minimum atomic E-state index is -0.708. The lowest BCUT2D eigenvalue weighted by molar-refractivity contribution is 0.477. The molecule has 0 aliphatic rings. The summed E-state index contributed by atoms with van der Waals surface area (Å²) in [4.78, 5) is 4.34. The first-order valence-corrected chi connectivity index (χ1v) is 11.1. The Hall–Kier alpha value is -3.63. The Labute approximate surface area is 192 Å². The average Bonchev–Trinajstić information content (AvgIpc) is 3.20. The minimum absolute atomic E-state index is 0.435. The van der Waals surface area contributed by atoms with Gasteiger partial charge in [0.2, 0.25) is 0 Å². The maximum absolute atomic E-state index is 6.39. The van der Waals surface area contributed by atoms with Crippen LogP contribution in [0.15, 0.2) is 103 Å². The zero-order chi connectivity index (χ0) is 22.0. The first kappa shape index (κ1) is 20.3. The van der Waals surface area contributed by atoms with Crippen molar-refractivity contribution in [3.05, 3.63) is 125 Å². The number of fused-ring (bicyclic) bond motifs is 1. The number of nitrogens with zero attached hydrogens (tertiary/aromatic N) is 3. The summed E-state index contributed by atoms with van der Waals surface area (Å²) in [5.41, 5.74) is 3.53. The molecule has 5 rings (SSSR count). The van der Waals surface area contributed by atoms with Crippen LogP contribution in [0.2, 0.25) is 5.15 Å². The van der Waals surface area contributed by atoms with E-state index < -0.39 is 5.54 Å². The lowest BCUT2D eigenvalue weighted by atomic mass is 9.77. The van der Waals surface area contributed by atoms with Gasteiger partial charge in [-0.2, -0.15) is 5.10 Å². The van der Waals surface area contributed by atoms with Crippen LogP contribution in [0.5, 0.6) is 0 Å². The molecule has 0 aliphatic heterocycles. The molecule has 0 spiro atoms. The Balaban J connectivity index is 1.97. The summed E-state index contributed by atoms with van der Waals surface area (Å²) in [7, 11) is 0. The summed E-state index contributed by atoms with van der Waals surface area (Å²) in [5.74, 6) is 0.791. The molecule has 4 nitrogen and oxygen atoms in total. The molecule has 0 bridgehead atoms. The van der Waals surface area contributed by atoms with Gasteiger partial charge in [0, 0.05) is 18.8 Å². The summed E-state index contributed by atoms with van der Waals surface area (Å²) in [6.45, 7) is 2.82. The fourth-order valence-electron chi connectivity index (χ4n) is 4.44. The second-order valence-electron chi connectivity index (χ2n) is 7.62. The molecule has 0 unspecified atom stereocenters. The molecule has 1 N–H and O–H groups in total. The minimum Gasteiger partial charge on any atom is -0.368 e. The highest BCUT2D eigenvalue weighted by molar-refractivity contribution is 6.30. The van der Waals surface area contributed by atoms with Crippen LogP contribution in [-0.4, -0.2) is 21.3 Å². The van der Waals surface area contributed by atoms with Crippen LogP contribution in [0, 0.1) is 0 Å². The average molecular weight is 439 g/mol. The van der Waals surface area contributed by atoms with Crippen LogP contribution in [0.3, 0.4) is 0 Å². The lowest BCUT2D eigenvalue weighted by Gasteiger charge is -2.37. The quantitative estimate of drug-likeness (QED) is 0.248. The first-order chi connectivity index (χ1) is 15.7.